The maximum absolute atomic E-state index is 11.4. The maximum atomic E-state index is 11.4. The van der Waals surface area contributed by atoms with Crippen LogP contribution in [0.4, 0.5) is 10.5 Å². The number of carbonyl (C=O) groups is 2. The fourth-order valence-electron chi connectivity index (χ4n) is 1.13. The topological polar surface area (TPSA) is 96.3 Å². The predicted molar refractivity (Wildman–Crippen MR) is 61.7 cm³/mol. The zero-order chi connectivity index (χ0) is 12.8. The molecule has 7 nitrogen and oxygen atoms in total. The van der Waals surface area contributed by atoms with Gasteiger partial charge in [0.1, 0.15) is 6.54 Å². The average molecular weight is 240 g/mol. The van der Waals surface area contributed by atoms with Crippen molar-refractivity contribution in [2.24, 2.45) is 5.92 Å². The lowest BCUT2D eigenvalue weighted by molar-refractivity contribution is -0.137. The summed E-state index contributed by atoms with van der Waals surface area (Å²) in [5.41, 5.74) is 0.465. The summed E-state index contributed by atoms with van der Waals surface area (Å²) < 4.78 is 1.24. The van der Waals surface area contributed by atoms with Gasteiger partial charge in [-0.25, -0.2) is 4.79 Å². The molecule has 0 saturated heterocycles. The van der Waals surface area contributed by atoms with Gasteiger partial charge in [-0.3, -0.25) is 9.48 Å². The van der Waals surface area contributed by atoms with Crippen molar-refractivity contribution in [1.29, 1.82) is 0 Å². The van der Waals surface area contributed by atoms with Gasteiger partial charge >= 0.3 is 12.0 Å². The van der Waals surface area contributed by atoms with Crippen LogP contribution in [-0.2, 0) is 11.3 Å². The van der Waals surface area contributed by atoms with E-state index in [4.69, 9.17) is 5.11 Å². The van der Waals surface area contributed by atoms with Gasteiger partial charge in [0.15, 0.2) is 0 Å². The number of aliphatic carboxylic acids is 1. The SMILES string of the molecule is CC(C)CNC(=O)Nc1cnn(CC(=O)O)c1. The second-order valence-electron chi connectivity index (χ2n) is 4.05. The molecular formula is C10H16N4O3. The first-order valence-corrected chi connectivity index (χ1v) is 5.26. The van der Waals surface area contributed by atoms with Gasteiger partial charge in [-0.2, -0.15) is 5.10 Å². The summed E-state index contributed by atoms with van der Waals surface area (Å²) in [7, 11) is 0. The Morgan fingerprint density at radius 1 is 1.53 bits per heavy atom. The molecule has 0 unspecified atom stereocenters. The minimum atomic E-state index is -0.982. The van der Waals surface area contributed by atoms with E-state index in [1.807, 2.05) is 13.8 Å². The van der Waals surface area contributed by atoms with Crippen molar-refractivity contribution in [2.75, 3.05) is 11.9 Å². The molecule has 2 amide bonds. The van der Waals surface area contributed by atoms with E-state index >= 15 is 0 Å². The number of anilines is 1. The summed E-state index contributed by atoms with van der Waals surface area (Å²) in [6, 6.07) is -0.325. The highest BCUT2D eigenvalue weighted by Crippen LogP contribution is 2.04. The van der Waals surface area contributed by atoms with Crippen LogP contribution in [0.5, 0.6) is 0 Å². The largest absolute Gasteiger partial charge is 0.480 e. The number of nitrogens with one attached hydrogen (secondary N) is 2. The summed E-state index contributed by atoms with van der Waals surface area (Å²) in [4.78, 5) is 21.8. The zero-order valence-corrected chi connectivity index (χ0v) is 9.80. The number of nitrogens with zero attached hydrogens (tertiary/aromatic N) is 2. The van der Waals surface area contributed by atoms with Crippen LogP contribution in [0, 0.1) is 5.92 Å². The molecule has 0 radical (unpaired) electrons. The number of urea groups is 1. The predicted octanol–water partition coefficient (Wildman–Crippen LogP) is 0.745. The molecule has 1 heterocycles. The van der Waals surface area contributed by atoms with Crippen LogP contribution < -0.4 is 10.6 Å². The smallest absolute Gasteiger partial charge is 0.325 e. The summed E-state index contributed by atoms with van der Waals surface area (Å²) in [5, 5.41) is 17.6. The van der Waals surface area contributed by atoms with Gasteiger partial charge in [-0.05, 0) is 5.92 Å². The van der Waals surface area contributed by atoms with E-state index in [0.29, 0.717) is 18.2 Å². The normalized spacial score (nSPS) is 10.3. The molecule has 3 N–H and O–H groups in total. The number of aromatic nitrogens is 2. The van der Waals surface area contributed by atoms with Crippen molar-refractivity contribution in [3.63, 3.8) is 0 Å². The van der Waals surface area contributed by atoms with Crippen molar-refractivity contribution < 1.29 is 14.7 Å². The second-order valence-corrected chi connectivity index (χ2v) is 4.05. The quantitative estimate of drug-likeness (QED) is 0.707. The minimum absolute atomic E-state index is 0.227. The Morgan fingerprint density at radius 3 is 2.82 bits per heavy atom. The van der Waals surface area contributed by atoms with Crippen molar-refractivity contribution in [1.82, 2.24) is 15.1 Å². The number of hydrogen-bond donors (Lipinski definition) is 3. The molecule has 17 heavy (non-hydrogen) atoms. The fourth-order valence-corrected chi connectivity index (χ4v) is 1.13. The van der Waals surface area contributed by atoms with E-state index in [9.17, 15) is 9.59 Å². The molecule has 0 aromatic carbocycles. The van der Waals surface area contributed by atoms with Crippen molar-refractivity contribution in [3.8, 4) is 0 Å². The van der Waals surface area contributed by atoms with Gasteiger partial charge in [0.25, 0.3) is 0 Å². The van der Waals surface area contributed by atoms with Gasteiger partial charge in [-0.1, -0.05) is 13.8 Å². The monoisotopic (exact) mass is 240 g/mol. The first-order valence-electron chi connectivity index (χ1n) is 5.26. The van der Waals surface area contributed by atoms with Crippen LogP contribution in [0.2, 0.25) is 0 Å². The molecule has 1 aromatic heterocycles. The van der Waals surface area contributed by atoms with E-state index in [-0.39, 0.29) is 12.6 Å². The van der Waals surface area contributed by atoms with Gasteiger partial charge < -0.3 is 15.7 Å². The standard InChI is InChI=1S/C10H16N4O3/c1-7(2)3-11-10(17)13-8-4-12-14(5-8)6-9(15)16/h4-5,7H,3,6H2,1-2H3,(H,15,16)(H2,11,13,17). The Balaban J connectivity index is 2.43. The number of carboxylic acid groups (broad SMARTS) is 1. The van der Waals surface area contributed by atoms with Crippen molar-refractivity contribution in [2.45, 2.75) is 20.4 Å². The van der Waals surface area contributed by atoms with E-state index in [1.165, 1.54) is 17.1 Å². The summed E-state index contributed by atoms with van der Waals surface area (Å²) in [6.07, 6.45) is 2.86. The molecule has 0 bridgehead atoms. The number of hydrogen-bond acceptors (Lipinski definition) is 3. The molecule has 0 spiro atoms. The summed E-state index contributed by atoms with van der Waals surface area (Å²) >= 11 is 0. The summed E-state index contributed by atoms with van der Waals surface area (Å²) in [5.74, 6) is -0.612. The minimum Gasteiger partial charge on any atom is -0.480 e. The number of carboxylic acids is 1. The third-order valence-corrected chi connectivity index (χ3v) is 1.86. The first kappa shape index (κ1) is 13.0. The lowest BCUT2D eigenvalue weighted by Gasteiger charge is -2.07. The maximum Gasteiger partial charge on any atom is 0.325 e. The Morgan fingerprint density at radius 2 is 2.24 bits per heavy atom. The highest BCUT2D eigenvalue weighted by molar-refractivity contribution is 5.88. The highest BCUT2D eigenvalue weighted by atomic mass is 16.4. The van der Waals surface area contributed by atoms with Crippen LogP contribution in [0.25, 0.3) is 0 Å². The third-order valence-electron chi connectivity index (χ3n) is 1.86. The second kappa shape index (κ2) is 5.88. The Bertz CT molecular complexity index is 400. The fraction of sp³-hybridized carbons (Fsp3) is 0.500. The van der Waals surface area contributed by atoms with Crippen molar-refractivity contribution in [3.05, 3.63) is 12.4 Å². The van der Waals surface area contributed by atoms with Gasteiger partial charge in [0, 0.05) is 12.7 Å². The van der Waals surface area contributed by atoms with Crippen LogP contribution >= 0.6 is 0 Å². The summed E-state index contributed by atoms with van der Waals surface area (Å²) in [6.45, 7) is 4.33. The lowest BCUT2D eigenvalue weighted by atomic mass is 10.2. The third kappa shape index (κ3) is 5.01. The zero-order valence-electron chi connectivity index (χ0n) is 9.80. The van der Waals surface area contributed by atoms with E-state index in [0.717, 1.165) is 0 Å². The van der Waals surface area contributed by atoms with Crippen LogP contribution in [-0.4, -0.2) is 33.4 Å². The Kier molecular flexibility index (Phi) is 4.50. The molecular weight excluding hydrogens is 224 g/mol. The molecule has 0 aliphatic carbocycles. The molecule has 0 aliphatic heterocycles. The van der Waals surface area contributed by atoms with E-state index in [2.05, 4.69) is 15.7 Å². The van der Waals surface area contributed by atoms with Gasteiger partial charge in [-0.15, -0.1) is 0 Å². The Labute approximate surface area is 98.8 Å². The number of rotatable bonds is 5. The molecule has 94 valence electrons. The van der Waals surface area contributed by atoms with Crippen LogP contribution in [0.3, 0.4) is 0 Å². The van der Waals surface area contributed by atoms with Crippen LogP contribution in [0.1, 0.15) is 13.8 Å². The molecule has 0 aliphatic rings. The first-order chi connectivity index (χ1) is 7.97. The van der Waals surface area contributed by atoms with E-state index in [1.54, 1.807) is 0 Å². The molecule has 1 aromatic rings. The Hall–Kier alpha value is -2.05. The van der Waals surface area contributed by atoms with Crippen LogP contribution in [0.15, 0.2) is 12.4 Å². The average Bonchev–Trinajstić information content (AvgIpc) is 2.61. The van der Waals surface area contributed by atoms with E-state index < -0.39 is 5.97 Å². The molecule has 0 fully saturated rings. The van der Waals surface area contributed by atoms with Gasteiger partial charge in [0.2, 0.25) is 0 Å². The highest BCUT2D eigenvalue weighted by Gasteiger charge is 2.06. The molecule has 0 atom stereocenters. The molecule has 7 heteroatoms. The van der Waals surface area contributed by atoms with Crippen molar-refractivity contribution >= 4 is 17.7 Å². The molecule has 0 saturated carbocycles. The number of carbonyl (C=O) groups excluding carboxylic acids is 1. The van der Waals surface area contributed by atoms with Gasteiger partial charge in [0.05, 0.1) is 11.9 Å². The molecule has 1 rings (SSSR count). The number of amides is 2. The lowest BCUT2D eigenvalue weighted by Crippen LogP contribution is -2.31.